The average Bonchev–Trinajstić information content (AvgIpc) is 2.92. The van der Waals surface area contributed by atoms with E-state index in [1.807, 2.05) is 0 Å². The zero-order chi connectivity index (χ0) is 18.1. The summed E-state index contributed by atoms with van der Waals surface area (Å²) in [7, 11) is 4.35. The topological polar surface area (TPSA) is 94.5 Å². The van der Waals surface area contributed by atoms with Crippen molar-refractivity contribution in [2.45, 2.75) is 0 Å². The van der Waals surface area contributed by atoms with Crippen LogP contribution in [0.4, 0.5) is 0 Å². The molecule has 1 heterocycles. The maximum absolute atomic E-state index is 12.6. The summed E-state index contributed by atoms with van der Waals surface area (Å²) >= 11 is 0. The Kier molecular flexibility index (Phi) is 4.14. The number of Topliss-reactive ketones (excluding diaryl/α,β-unsaturated/α-hetero) is 1. The normalized spacial score (nSPS) is 14.2. The fourth-order valence-electron chi connectivity index (χ4n) is 2.57. The smallest absolute Gasteiger partial charge is 0.232 e. The summed E-state index contributed by atoms with van der Waals surface area (Å²) in [5.41, 5.74) is 0.771. The molecule has 7 heteroatoms. The minimum absolute atomic E-state index is 0.0497. The number of rotatable bonds is 4. The first-order valence-electron chi connectivity index (χ1n) is 7.29. The largest absolute Gasteiger partial charge is 0.504 e. The van der Waals surface area contributed by atoms with Gasteiger partial charge in [0.1, 0.15) is 0 Å². The van der Waals surface area contributed by atoms with Gasteiger partial charge in [0.05, 0.1) is 26.9 Å². The third-order valence-electron chi connectivity index (χ3n) is 3.76. The van der Waals surface area contributed by atoms with E-state index in [0.29, 0.717) is 17.1 Å². The van der Waals surface area contributed by atoms with E-state index >= 15 is 0 Å². The Morgan fingerprint density at radius 3 is 2.28 bits per heavy atom. The fourth-order valence-corrected chi connectivity index (χ4v) is 2.57. The van der Waals surface area contributed by atoms with Crippen LogP contribution in [-0.4, -0.2) is 37.3 Å². The van der Waals surface area contributed by atoms with E-state index in [9.17, 15) is 15.0 Å². The van der Waals surface area contributed by atoms with Crippen molar-refractivity contribution in [2.75, 3.05) is 21.3 Å². The summed E-state index contributed by atoms with van der Waals surface area (Å²) in [6.45, 7) is 0. The molecule has 0 atom stereocenters. The Morgan fingerprint density at radius 1 is 0.960 bits per heavy atom. The van der Waals surface area contributed by atoms with Crippen molar-refractivity contribution >= 4 is 11.9 Å². The number of phenols is 2. The molecular weight excluding hydrogens is 328 g/mol. The van der Waals surface area contributed by atoms with E-state index in [1.54, 1.807) is 6.07 Å². The van der Waals surface area contributed by atoms with Crippen LogP contribution in [0.1, 0.15) is 15.9 Å². The second kappa shape index (κ2) is 6.27. The van der Waals surface area contributed by atoms with Gasteiger partial charge in [-0.25, -0.2) is 0 Å². The van der Waals surface area contributed by atoms with Gasteiger partial charge in [0.15, 0.2) is 28.8 Å². The summed E-state index contributed by atoms with van der Waals surface area (Å²) < 4.78 is 21.5. The minimum Gasteiger partial charge on any atom is -0.504 e. The predicted octanol–water partition coefficient (Wildman–Crippen LogP) is 2.74. The van der Waals surface area contributed by atoms with Gasteiger partial charge in [-0.15, -0.1) is 0 Å². The molecule has 3 rings (SSSR count). The SMILES string of the molecule is COc1cc2c(c(OC)c1OC)O/C(=C/c1ccc(O)c(O)c1)C2=O. The number of allylic oxidation sites excluding steroid dienone is 1. The van der Waals surface area contributed by atoms with E-state index < -0.39 is 0 Å². The molecule has 2 N–H and O–H groups in total. The number of hydrogen-bond acceptors (Lipinski definition) is 7. The number of phenolic OH excluding ortho intramolecular Hbond substituents is 2. The van der Waals surface area contributed by atoms with Crippen molar-refractivity contribution in [2.24, 2.45) is 0 Å². The van der Waals surface area contributed by atoms with Crippen molar-refractivity contribution in [3.05, 3.63) is 41.2 Å². The van der Waals surface area contributed by atoms with E-state index in [0.717, 1.165) is 0 Å². The van der Waals surface area contributed by atoms with Crippen molar-refractivity contribution in [3.63, 3.8) is 0 Å². The number of ether oxygens (including phenoxy) is 4. The molecule has 0 saturated carbocycles. The minimum atomic E-state index is -0.359. The lowest BCUT2D eigenvalue weighted by atomic mass is 10.1. The lowest BCUT2D eigenvalue weighted by Gasteiger charge is -2.14. The second-order valence-corrected chi connectivity index (χ2v) is 5.21. The number of aromatic hydroxyl groups is 2. The van der Waals surface area contributed by atoms with Crippen LogP contribution in [0.15, 0.2) is 30.0 Å². The molecular formula is C18H16O7. The monoisotopic (exact) mass is 344 g/mol. The summed E-state index contributed by atoms with van der Waals surface area (Å²) in [5.74, 6) is 0.300. The molecule has 0 spiro atoms. The lowest BCUT2D eigenvalue weighted by molar-refractivity contribution is 0.101. The fraction of sp³-hybridized carbons (Fsp3) is 0.167. The van der Waals surface area contributed by atoms with Crippen molar-refractivity contribution in [1.29, 1.82) is 0 Å². The van der Waals surface area contributed by atoms with E-state index in [4.69, 9.17) is 18.9 Å². The zero-order valence-corrected chi connectivity index (χ0v) is 13.8. The Balaban J connectivity index is 2.09. The number of methoxy groups -OCH3 is 3. The molecule has 1 aliphatic rings. The number of carbonyl (C=O) groups excluding carboxylic acids is 1. The molecule has 130 valence electrons. The van der Waals surface area contributed by atoms with E-state index in [2.05, 4.69) is 0 Å². The van der Waals surface area contributed by atoms with E-state index in [1.165, 1.54) is 45.6 Å². The van der Waals surface area contributed by atoms with Gasteiger partial charge < -0.3 is 29.2 Å². The van der Waals surface area contributed by atoms with Crippen LogP contribution in [0.25, 0.3) is 6.08 Å². The number of ketones is 1. The third kappa shape index (κ3) is 2.69. The van der Waals surface area contributed by atoms with Crippen LogP contribution in [0.2, 0.25) is 0 Å². The average molecular weight is 344 g/mol. The molecule has 25 heavy (non-hydrogen) atoms. The number of hydrogen-bond donors (Lipinski definition) is 2. The van der Waals surface area contributed by atoms with Crippen LogP contribution in [0, 0.1) is 0 Å². The first-order chi connectivity index (χ1) is 12.0. The van der Waals surface area contributed by atoms with Gasteiger partial charge in [-0.3, -0.25) is 4.79 Å². The quantitative estimate of drug-likeness (QED) is 0.650. The number of benzene rings is 2. The highest BCUT2D eigenvalue weighted by Gasteiger charge is 2.34. The number of carbonyl (C=O) groups is 1. The molecule has 0 bridgehead atoms. The van der Waals surface area contributed by atoms with Crippen LogP contribution < -0.4 is 18.9 Å². The van der Waals surface area contributed by atoms with Crippen LogP contribution in [-0.2, 0) is 0 Å². The Bertz CT molecular complexity index is 883. The Morgan fingerprint density at radius 2 is 1.68 bits per heavy atom. The zero-order valence-electron chi connectivity index (χ0n) is 13.8. The standard InChI is InChI=1S/C18H16O7/c1-22-14-8-10-15(21)13(7-9-4-5-11(19)12(20)6-9)25-16(10)18(24-3)17(14)23-2/h4-8,19-20H,1-3H3/b13-7+. The number of fused-ring (bicyclic) bond motifs is 1. The maximum Gasteiger partial charge on any atom is 0.232 e. The summed E-state index contributed by atoms with van der Waals surface area (Å²) in [6.07, 6.45) is 1.46. The first kappa shape index (κ1) is 16.5. The van der Waals surface area contributed by atoms with Gasteiger partial charge in [-0.2, -0.15) is 0 Å². The van der Waals surface area contributed by atoms with Gasteiger partial charge in [-0.1, -0.05) is 6.07 Å². The molecule has 0 radical (unpaired) electrons. The second-order valence-electron chi connectivity index (χ2n) is 5.21. The molecule has 0 amide bonds. The van der Waals surface area contributed by atoms with Crippen LogP contribution in [0.5, 0.6) is 34.5 Å². The highest BCUT2D eigenvalue weighted by molar-refractivity contribution is 6.15. The first-order valence-corrected chi connectivity index (χ1v) is 7.29. The van der Waals surface area contributed by atoms with Crippen molar-refractivity contribution < 1.29 is 34.0 Å². The highest BCUT2D eigenvalue weighted by Crippen LogP contribution is 2.50. The van der Waals surface area contributed by atoms with Gasteiger partial charge in [0.2, 0.25) is 17.3 Å². The molecule has 0 aliphatic carbocycles. The Hall–Kier alpha value is -3.35. The summed E-state index contributed by atoms with van der Waals surface area (Å²) in [6, 6.07) is 5.70. The molecule has 0 fully saturated rings. The molecule has 2 aromatic rings. The van der Waals surface area contributed by atoms with Crippen molar-refractivity contribution in [3.8, 4) is 34.5 Å². The molecule has 0 unspecified atom stereocenters. The van der Waals surface area contributed by atoms with E-state index in [-0.39, 0.29) is 40.1 Å². The lowest BCUT2D eigenvalue weighted by Crippen LogP contribution is -1.99. The van der Waals surface area contributed by atoms with Crippen molar-refractivity contribution in [1.82, 2.24) is 0 Å². The van der Waals surface area contributed by atoms with Gasteiger partial charge >= 0.3 is 0 Å². The Labute approximate surface area is 143 Å². The van der Waals surface area contributed by atoms with Crippen LogP contribution in [0.3, 0.4) is 0 Å². The molecule has 1 aliphatic heterocycles. The predicted molar refractivity (Wildman–Crippen MR) is 88.8 cm³/mol. The summed E-state index contributed by atoms with van der Waals surface area (Å²) in [4.78, 5) is 12.6. The molecule has 0 aromatic heterocycles. The molecule has 7 nitrogen and oxygen atoms in total. The molecule has 2 aromatic carbocycles. The summed E-state index contributed by atoms with van der Waals surface area (Å²) in [5, 5.41) is 18.9. The third-order valence-corrected chi connectivity index (χ3v) is 3.76. The van der Waals surface area contributed by atoms with Gasteiger partial charge in [-0.05, 0) is 29.8 Å². The highest BCUT2D eigenvalue weighted by atomic mass is 16.6. The van der Waals surface area contributed by atoms with Gasteiger partial charge in [0.25, 0.3) is 0 Å². The maximum atomic E-state index is 12.6. The van der Waals surface area contributed by atoms with Crippen LogP contribution >= 0.6 is 0 Å². The van der Waals surface area contributed by atoms with Gasteiger partial charge in [0, 0.05) is 0 Å². The molecule has 0 saturated heterocycles.